The largest absolute Gasteiger partial charge is 0.495 e. The summed E-state index contributed by atoms with van der Waals surface area (Å²) in [5.74, 6) is 0.570. The minimum atomic E-state index is -0.182. The Kier molecular flexibility index (Phi) is 6.54. The maximum absolute atomic E-state index is 13.2. The maximum Gasteiger partial charge on any atom is 0.292 e. The summed E-state index contributed by atoms with van der Waals surface area (Å²) in [7, 11) is 1.53. The average Bonchev–Trinajstić information content (AvgIpc) is 3.79. The minimum absolute atomic E-state index is 0.00367. The maximum atomic E-state index is 13.2. The van der Waals surface area contributed by atoms with Crippen LogP contribution in [0.15, 0.2) is 49.1 Å². The van der Waals surface area contributed by atoms with Crippen LogP contribution in [0.25, 0.3) is 28.0 Å². The number of rotatable bonds is 6. The number of hydrogen-bond donors (Lipinski definition) is 2. The van der Waals surface area contributed by atoms with Crippen molar-refractivity contribution in [3.8, 4) is 34.2 Å². The lowest BCUT2D eigenvalue weighted by molar-refractivity contribution is 0.0556. The lowest BCUT2D eigenvalue weighted by Crippen LogP contribution is -2.46. The molecule has 0 radical (unpaired) electrons. The summed E-state index contributed by atoms with van der Waals surface area (Å²) in [4.78, 5) is 40.5. The smallest absolute Gasteiger partial charge is 0.292 e. The Labute approximate surface area is 251 Å². The van der Waals surface area contributed by atoms with Gasteiger partial charge in [0, 0.05) is 40.9 Å². The lowest BCUT2D eigenvalue weighted by Gasteiger charge is -2.38. The molecular formula is C31H28N10O3. The number of carbonyl (C=O) groups excluding carboxylic acids is 2. The van der Waals surface area contributed by atoms with Crippen LogP contribution in [0.4, 0.5) is 5.82 Å². The molecule has 0 aliphatic carbocycles. The van der Waals surface area contributed by atoms with Crippen molar-refractivity contribution in [2.75, 3.05) is 12.8 Å². The Balaban J connectivity index is 1.24. The van der Waals surface area contributed by atoms with Gasteiger partial charge >= 0.3 is 0 Å². The zero-order valence-electron chi connectivity index (χ0n) is 24.1. The van der Waals surface area contributed by atoms with Crippen molar-refractivity contribution in [1.82, 2.24) is 39.7 Å². The Morgan fingerprint density at radius 1 is 1.11 bits per heavy atom. The van der Waals surface area contributed by atoms with Gasteiger partial charge < -0.3 is 20.4 Å². The van der Waals surface area contributed by atoms with E-state index in [0.717, 1.165) is 29.5 Å². The van der Waals surface area contributed by atoms with Gasteiger partial charge in [0.05, 0.1) is 35.8 Å². The minimum Gasteiger partial charge on any atom is -0.495 e. The van der Waals surface area contributed by atoms with Crippen molar-refractivity contribution >= 4 is 23.2 Å². The molecule has 13 nitrogen and oxygen atoms in total. The SMILES string of the molecule is COc1ccc(-c2ccc(-c3cnn4c(N)c(C(C)=O)c([C@@H]5C[C@H]6CC[C@@H](C5)N6C(=O)c5nnc[nH]5)nc34)cn2)cc1C#N. The second kappa shape index (κ2) is 10.6. The van der Waals surface area contributed by atoms with E-state index in [9.17, 15) is 14.9 Å². The predicted octanol–water partition coefficient (Wildman–Crippen LogP) is 3.79. The van der Waals surface area contributed by atoms with Gasteiger partial charge in [0.1, 0.15) is 24.0 Å². The molecule has 1 aromatic carbocycles. The van der Waals surface area contributed by atoms with Gasteiger partial charge in [-0.05, 0) is 56.9 Å². The van der Waals surface area contributed by atoms with Crippen molar-refractivity contribution in [3.63, 3.8) is 0 Å². The van der Waals surface area contributed by atoms with Crippen LogP contribution in [0.3, 0.4) is 0 Å². The number of Topliss-reactive ketones (excluding diaryl/α,β-unsaturated/α-hetero) is 1. The quantitative estimate of drug-likeness (QED) is 0.277. The van der Waals surface area contributed by atoms with Crippen molar-refractivity contribution in [2.45, 2.75) is 50.6 Å². The van der Waals surface area contributed by atoms with E-state index >= 15 is 0 Å². The number of methoxy groups -OCH3 is 1. The number of carbonyl (C=O) groups is 2. The van der Waals surface area contributed by atoms with Gasteiger partial charge in [-0.1, -0.05) is 6.07 Å². The van der Waals surface area contributed by atoms with E-state index in [1.54, 1.807) is 24.5 Å². The number of nitrogen functional groups attached to an aromatic ring is 1. The number of nitrogens with two attached hydrogens (primary N) is 1. The molecule has 0 spiro atoms. The van der Waals surface area contributed by atoms with Crippen LogP contribution in [-0.4, -0.2) is 70.5 Å². The van der Waals surface area contributed by atoms with E-state index in [-0.39, 0.29) is 41.3 Å². The number of benzene rings is 1. The van der Waals surface area contributed by atoms with Crippen LogP contribution in [0, 0.1) is 11.3 Å². The number of aromatic amines is 1. The number of pyridine rings is 1. The van der Waals surface area contributed by atoms with E-state index in [1.807, 2.05) is 23.1 Å². The highest BCUT2D eigenvalue weighted by atomic mass is 16.5. The van der Waals surface area contributed by atoms with Crippen LogP contribution in [0.1, 0.15) is 70.8 Å². The number of nitrogens with one attached hydrogen (secondary N) is 1. The first-order valence-corrected chi connectivity index (χ1v) is 14.3. The number of hydrogen-bond acceptors (Lipinski definition) is 10. The zero-order valence-corrected chi connectivity index (χ0v) is 24.1. The molecule has 2 fully saturated rings. The third-order valence-electron chi connectivity index (χ3n) is 8.73. The molecule has 2 aliphatic rings. The number of ether oxygens (including phenoxy) is 1. The highest BCUT2D eigenvalue weighted by molar-refractivity contribution is 6.00. The van der Waals surface area contributed by atoms with Gasteiger partial charge in [-0.25, -0.2) is 4.98 Å². The number of nitriles is 1. The number of nitrogens with zero attached hydrogens (tertiary/aromatic N) is 8. The molecule has 2 saturated heterocycles. The summed E-state index contributed by atoms with van der Waals surface area (Å²) >= 11 is 0. The van der Waals surface area contributed by atoms with Crippen molar-refractivity contribution in [1.29, 1.82) is 5.26 Å². The van der Waals surface area contributed by atoms with Gasteiger partial charge in [-0.3, -0.25) is 14.6 Å². The fourth-order valence-electron chi connectivity index (χ4n) is 6.74. The van der Waals surface area contributed by atoms with Crippen molar-refractivity contribution in [3.05, 3.63) is 71.7 Å². The number of fused-ring (bicyclic) bond motifs is 3. The summed E-state index contributed by atoms with van der Waals surface area (Å²) in [6.45, 7) is 1.49. The summed E-state index contributed by atoms with van der Waals surface area (Å²) in [5, 5.41) is 21.6. The molecule has 2 aliphatic heterocycles. The molecule has 6 heterocycles. The van der Waals surface area contributed by atoms with Gasteiger partial charge in [-0.2, -0.15) is 14.9 Å². The van der Waals surface area contributed by atoms with E-state index in [2.05, 4.69) is 31.3 Å². The lowest BCUT2D eigenvalue weighted by atomic mass is 9.85. The third-order valence-corrected chi connectivity index (χ3v) is 8.73. The molecule has 3 atom stereocenters. The van der Waals surface area contributed by atoms with Gasteiger partial charge in [0.25, 0.3) is 5.91 Å². The molecule has 0 unspecified atom stereocenters. The number of piperidine rings is 1. The second-order valence-electron chi connectivity index (χ2n) is 11.2. The third kappa shape index (κ3) is 4.34. The molecule has 44 heavy (non-hydrogen) atoms. The Hall–Kier alpha value is -5.64. The first-order chi connectivity index (χ1) is 21.4. The average molecular weight is 589 g/mol. The summed E-state index contributed by atoms with van der Waals surface area (Å²) in [5.41, 5.74) is 11.5. The molecule has 7 rings (SSSR count). The number of aromatic nitrogens is 7. The first-order valence-electron chi connectivity index (χ1n) is 14.3. The normalized spacial score (nSPS) is 19.2. The van der Waals surface area contributed by atoms with Crippen LogP contribution < -0.4 is 10.5 Å². The Morgan fingerprint density at radius 3 is 2.52 bits per heavy atom. The van der Waals surface area contributed by atoms with Gasteiger partial charge in [0.2, 0.25) is 5.82 Å². The topological polar surface area (TPSA) is 181 Å². The highest BCUT2D eigenvalue weighted by Crippen LogP contribution is 2.45. The van der Waals surface area contributed by atoms with E-state index in [4.69, 9.17) is 15.5 Å². The Morgan fingerprint density at radius 2 is 1.89 bits per heavy atom. The number of anilines is 1. The molecule has 5 aromatic rings. The second-order valence-corrected chi connectivity index (χ2v) is 11.2. The molecule has 1 amide bonds. The monoisotopic (exact) mass is 588 g/mol. The molecular weight excluding hydrogens is 560 g/mol. The zero-order chi connectivity index (χ0) is 30.5. The van der Waals surface area contributed by atoms with Crippen LogP contribution in [0.5, 0.6) is 5.75 Å². The van der Waals surface area contributed by atoms with Crippen LogP contribution in [-0.2, 0) is 0 Å². The summed E-state index contributed by atoms with van der Waals surface area (Å²) in [6.07, 6.45) is 7.86. The molecule has 220 valence electrons. The fraction of sp³-hybridized carbons (Fsp3) is 0.290. The van der Waals surface area contributed by atoms with Gasteiger partial charge in [0.15, 0.2) is 11.4 Å². The van der Waals surface area contributed by atoms with Crippen molar-refractivity contribution < 1.29 is 14.3 Å². The Bertz CT molecular complexity index is 1950. The highest BCUT2D eigenvalue weighted by Gasteiger charge is 2.45. The van der Waals surface area contributed by atoms with Crippen LogP contribution in [0.2, 0.25) is 0 Å². The van der Waals surface area contributed by atoms with E-state index in [0.29, 0.717) is 46.8 Å². The van der Waals surface area contributed by atoms with E-state index < -0.39 is 0 Å². The standard InChI is InChI=1S/C31H28N10O3/c1-16(42)26-27(19-10-21-5-6-22(11-19)40(21)31(43)29-35-15-36-39-29)38-30-23(14-37-41(30)28(26)33)18-3-7-24(34-13-18)17-4-8-25(44-2)20(9-17)12-32/h3-4,7-9,13-15,19,21-22H,5-6,10-11,33H2,1-2H3,(H,35,36,39)/t19-,21-,22+. The van der Waals surface area contributed by atoms with Crippen LogP contribution >= 0.6 is 0 Å². The fourth-order valence-corrected chi connectivity index (χ4v) is 6.74. The molecule has 4 aromatic heterocycles. The molecule has 0 saturated carbocycles. The summed E-state index contributed by atoms with van der Waals surface area (Å²) < 4.78 is 6.76. The summed E-state index contributed by atoms with van der Waals surface area (Å²) in [6, 6.07) is 11.3. The van der Waals surface area contributed by atoms with Gasteiger partial charge in [-0.15, -0.1) is 10.2 Å². The number of amides is 1. The first kappa shape index (κ1) is 27.2. The molecule has 13 heteroatoms. The molecule has 3 N–H and O–H groups in total. The number of H-pyrrole nitrogens is 1. The predicted molar refractivity (Wildman–Crippen MR) is 159 cm³/mol. The number of ketones is 1. The molecule has 2 bridgehead atoms. The van der Waals surface area contributed by atoms with E-state index in [1.165, 1.54) is 24.9 Å². The van der Waals surface area contributed by atoms with Crippen molar-refractivity contribution in [2.24, 2.45) is 0 Å².